The Morgan fingerprint density at radius 2 is 1.52 bits per heavy atom. The lowest BCUT2D eigenvalue weighted by Gasteiger charge is -2.51. The van der Waals surface area contributed by atoms with Crippen molar-refractivity contribution in [2.75, 3.05) is 6.54 Å². The number of aliphatic hydroxyl groups is 1. The predicted octanol–water partition coefficient (Wildman–Crippen LogP) is 8.13. The number of likely N-dealkylation sites (tertiary alicyclic amines) is 2. The number of amides is 4. The molecule has 4 aromatic rings. The van der Waals surface area contributed by atoms with Crippen molar-refractivity contribution >= 4 is 23.8 Å². The van der Waals surface area contributed by atoms with Crippen LogP contribution in [0.5, 0.6) is 0 Å². The van der Waals surface area contributed by atoms with Gasteiger partial charge in [-0.3, -0.25) is 24.2 Å². The van der Waals surface area contributed by atoms with Gasteiger partial charge in [0.05, 0.1) is 37.8 Å². The van der Waals surface area contributed by atoms with E-state index >= 15 is 0 Å². The summed E-state index contributed by atoms with van der Waals surface area (Å²) in [5.74, 6) is -0.222. The topological polar surface area (TPSA) is 147 Å². The Bertz CT molecular complexity index is 2260. The van der Waals surface area contributed by atoms with E-state index in [4.69, 9.17) is 14.2 Å². The zero-order valence-electron chi connectivity index (χ0n) is 37.4. The second kappa shape index (κ2) is 19.8. The zero-order valence-corrected chi connectivity index (χ0v) is 37.4. The van der Waals surface area contributed by atoms with Crippen LogP contribution in [0.3, 0.4) is 0 Å². The molecule has 3 N–H and O–H groups in total. The summed E-state index contributed by atoms with van der Waals surface area (Å²) in [6, 6.07) is 32.1. The van der Waals surface area contributed by atoms with Crippen molar-refractivity contribution < 1.29 is 38.5 Å². The van der Waals surface area contributed by atoms with Crippen LogP contribution in [0.15, 0.2) is 103 Å². The first kappa shape index (κ1) is 45.2. The largest absolute Gasteiger partial charge is 0.445 e. The summed E-state index contributed by atoms with van der Waals surface area (Å²) in [7, 11) is 0. The highest BCUT2D eigenvalue weighted by Crippen LogP contribution is 2.45. The molecule has 0 bridgehead atoms. The molecule has 8 unspecified atom stereocenters. The minimum atomic E-state index is -0.990. The number of rotatable bonds is 12. The number of piperidine rings is 1. The molecule has 3 saturated heterocycles. The van der Waals surface area contributed by atoms with Crippen LogP contribution in [0.2, 0.25) is 0 Å². The highest BCUT2D eigenvalue weighted by Gasteiger charge is 2.46. The van der Waals surface area contributed by atoms with Crippen molar-refractivity contribution in [3.8, 4) is 11.1 Å². The number of hydrogen-bond acceptors (Lipinski definition) is 9. The monoisotopic (exact) mass is 870 g/mol. The van der Waals surface area contributed by atoms with Crippen molar-refractivity contribution in [1.82, 2.24) is 20.4 Å². The summed E-state index contributed by atoms with van der Waals surface area (Å²) >= 11 is 0. The van der Waals surface area contributed by atoms with E-state index in [2.05, 4.69) is 22.5 Å². The molecule has 338 valence electrons. The molecule has 4 aliphatic rings. The van der Waals surface area contributed by atoms with E-state index in [0.717, 1.165) is 64.6 Å². The van der Waals surface area contributed by atoms with Gasteiger partial charge in [0, 0.05) is 29.6 Å². The van der Waals surface area contributed by atoms with E-state index in [-0.39, 0.29) is 67.7 Å². The van der Waals surface area contributed by atoms with Crippen LogP contribution in [0.25, 0.3) is 11.1 Å². The summed E-state index contributed by atoms with van der Waals surface area (Å²) < 4.78 is 19.1. The molecule has 1 aliphatic carbocycles. The number of nitrogens with one attached hydrogen (secondary N) is 2. The Morgan fingerprint density at radius 1 is 0.797 bits per heavy atom. The van der Waals surface area contributed by atoms with Crippen LogP contribution in [0.1, 0.15) is 113 Å². The fourth-order valence-electron chi connectivity index (χ4n) is 10.00. The Hall–Kier alpha value is -5.40. The van der Waals surface area contributed by atoms with Crippen molar-refractivity contribution in [2.45, 2.75) is 135 Å². The SMILES string of the molecule is CC1C(CN2C(C(=O)NC(C)(C)C)CCC3CCCCC32)OC(c2ccc(-c3cccc(CN4C(=O)CC(NC(=O)OCc5ccccc5)C4=O)c3)cc2)OC1c1ccc(CO)cc1. The molecule has 12 nitrogen and oxygen atoms in total. The Labute approximate surface area is 376 Å². The minimum absolute atomic E-state index is 0.0394. The number of imide groups is 1. The number of hydrogen-bond donors (Lipinski definition) is 3. The van der Waals surface area contributed by atoms with Gasteiger partial charge in [-0.2, -0.15) is 0 Å². The molecule has 0 aromatic heterocycles. The molecule has 8 atom stereocenters. The molecule has 3 aliphatic heterocycles. The average Bonchev–Trinajstić information content (AvgIpc) is 3.55. The smallest absolute Gasteiger partial charge is 0.408 e. The maximum atomic E-state index is 14.0. The van der Waals surface area contributed by atoms with E-state index in [1.807, 2.05) is 124 Å². The first-order valence-corrected chi connectivity index (χ1v) is 22.9. The van der Waals surface area contributed by atoms with Gasteiger partial charge in [-0.05, 0) is 91.8 Å². The Kier molecular flexibility index (Phi) is 14.0. The summed E-state index contributed by atoms with van der Waals surface area (Å²) in [5, 5.41) is 15.6. The number of carbonyl (C=O) groups is 4. The highest BCUT2D eigenvalue weighted by atomic mass is 16.7. The van der Waals surface area contributed by atoms with E-state index in [1.54, 1.807) is 0 Å². The molecule has 4 amide bonds. The third kappa shape index (κ3) is 10.6. The molecule has 64 heavy (non-hydrogen) atoms. The van der Waals surface area contributed by atoms with Gasteiger partial charge in [0.1, 0.15) is 12.6 Å². The van der Waals surface area contributed by atoms with E-state index in [0.29, 0.717) is 18.5 Å². The normalized spacial score (nSPS) is 26.3. The number of nitrogens with zero attached hydrogens (tertiary/aromatic N) is 2. The van der Waals surface area contributed by atoms with Crippen molar-refractivity contribution in [1.29, 1.82) is 0 Å². The molecule has 8 rings (SSSR count). The lowest BCUT2D eigenvalue weighted by atomic mass is 9.75. The van der Waals surface area contributed by atoms with Gasteiger partial charge in [-0.25, -0.2) is 4.79 Å². The highest BCUT2D eigenvalue weighted by molar-refractivity contribution is 6.06. The van der Waals surface area contributed by atoms with Gasteiger partial charge in [0.15, 0.2) is 6.29 Å². The third-order valence-corrected chi connectivity index (χ3v) is 13.4. The molecular formula is C52H62N4O8. The van der Waals surface area contributed by atoms with Crippen LogP contribution >= 0.6 is 0 Å². The van der Waals surface area contributed by atoms with E-state index in [9.17, 15) is 24.3 Å². The number of ether oxygens (including phenoxy) is 3. The summed E-state index contributed by atoms with van der Waals surface area (Å²) in [6.07, 6.45) is 4.45. The second-order valence-corrected chi connectivity index (χ2v) is 19.1. The van der Waals surface area contributed by atoms with E-state index in [1.165, 1.54) is 17.7 Å². The van der Waals surface area contributed by atoms with Crippen LogP contribution < -0.4 is 10.6 Å². The van der Waals surface area contributed by atoms with Crippen LogP contribution in [0, 0.1) is 11.8 Å². The Balaban J connectivity index is 0.979. The van der Waals surface area contributed by atoms with Gasteiger partial charge < -0.3 is 30.0 Å². The molecular weight excluding hydrogens is 809 g/mol. The molecule has 0 radical (unpaired) electrons. The number of fused-ring (bicyclic) bond motifs is 1. The van der Waals surface area contributed by atoms with Gasteiger partial charge in [-0.15, -0.1) is 0 Å². The lowest BCUT2D eigenvalue weighted by Crippen LogP contribution is -2.61. The summed E-state index contributed by atoms with van der Waals surface area (Å²) in [6.45, 7) is 8.98. The maximum absolute atomic E-state index is 14.0. The fraction of sp³-hybridized carbons (Fsp3) is 0.462. The molecule has 12 heteroatoms. The third-order valence-electron chi connectivity index (χ3n) is 13.4. The zero-order chi connectivity index (χ0) is 45.0. The first-order valence-electron chi connectivity index (χ1n) is 22.9. The number of carbonyl (C=O) groups excluding carboxylic acids is 4. The molecule has 4 fully saturated rings. The first-order chi connectivity index (χ1) is 30.8. The van der Waals surface area contributed by atoms with Crippen molar-refractivity contribution in [3.05, 3.63) is 131 Å². The van der Waals surface area contributed by atoms with Gasteiger partial charge in [0.25, 0.3) is 5.91 Å². The van der Waals surface area contributed by atoms with Crippen LogP contribution in [-0.2, 0) is 48.4 Å². The predicted molar refractivity (Wildman–Crippen MR) is 242 cm³/mol. The summed E-state index contributed by atoms with van der Waals surface area (Å²) in [4.78, 5) is 56.4. The van der Waals surface area contributed by atoms with Crippen LogP contribution in [-0.4, -0.2) is 75.0 Å². The van der Waals surface area contributed by atoms with Crippen molar-refractivity contribution in [3.63, 3.8) is 0 Å². The van der Waals surface area contributed by atoms with E-state index < -0.39 is 24.3 Å². The number of benzene rings is 4. The fourth-order valence-corrected chi connectivity index (χ4v) is 10.00. The minimum Gasteiger partial charge on any atom is -0.445 e. The molecule has 0 spiro atoms. The number of alkyl carbamates (subject to hydrolysis) is 1. The number of aliphatic hydroxyl groups excluding tert-OH is 1. The molecule has 3 heterocycles. The molecule has 1 saturated carbocycles. The lowest BCUT2D eigenvalue weighted by molar-refractivity contribution is -0.278. The Morgan fingerprint density at radius 3 is 2.25 bits per heavy atom. The van der Waals surface area contributed by atoms with Gasteiger partial charge in [-0.1, -0.05) is 117 Å². The van der Waals surface area contributed by atoms with Gasteiger partial charge in [0.2, 0.25) is 11.8 Å². The maximum Gasteiger partial charge on any atom is 0.408 e. The quantitative estimate of drug-likeness (QED) is 0.120. The standard InChI is InChI=1S/C52H62N4O8/c1-33-45(30-55-43-16-9-8-14-38(43)25-26-44(55)48(59)54-52(2,3)4)63-50(64-47(33)39-19-17-34(31-57)18-20-39)40-23-21-37(22-24-40)41-15-10-13-36(27-41)29-56-46(58)28-42(49(56)60)53-51(61)62-32-35-11-6-5-7-12-35/h5-7,10-13,15,17-24,27,33,38,42-45,47,50,57H,8-9,14,16,25-26,28-32H2,1-4H3,(H,53,61)(H,54,59). The molecule has 4 aromatic carbocycles. The average molecular weight is 871 g/mol. The second-order valence-electron chi connectivity index (χ2n) is 19.1. The van der Waals surface area contributed by atoms with Gasteiger partial charge >= 0.3 is 6.09 Å². The summed E-state index contributed by atoms with van der Waals surface area (Å²) in [5.41, 5.74) is 5.79. The van der Waals surface area contributed by atoms with Crippen LogP contribution in [0.4, 0.5) is 4.79 Å². The van der Waals surface area contributed by atoms with Crippen molar-refractivity contribution in [2.24, 2.45) is 11.8 Å².